The van der Waals surface area contributed by atoms with Gasteiger partial charge in [0.05, 0.1) is 0 Å². The highest BCUT2D eigenvalue weighted by atomic mass is 15.0. The lowest BCUT2D eigenvalue weighted by Gasteiger charge is -2.13. The topological polar surface area (TPSA) is 29.9 Å². The molecule has 3 heteroatoms. The smallest absolute Gasteiger partial charge is 0.108 e. The second kappa shape index (κ2) is 5.81. The Hall–Kier alpha value is -0.830. The zero-order valence-corrected chi connectivity index (χ0v) is 9.45. The van der Waals surface area contributed by atoms with E-state index in [4.69, 9.17) is 0 Å². The summed E-state index contributed by atoms with van der Waals surface area (Å²) in [5.41, 5.74) is 0. The fourth-order valence-electron chi connectivity index (χ4n) is 1.71. The molecule has 0 saturated heterocycles. The second-order valence-electron chi connectivity index (χ2n) is 3.56. The maximum absolute atomic E-state index is 4.36. The van der Waals surface area contributed by atoms with Crippen molar-refractivity contribution in [2.75, 3.05) is 7.05 Å². The number of imidazole rings is 1. The van der Waals surface area contributed by atoms with Crippen molar-refractivity contribution in [3.8, 4) is 0 Å². The molecule has 0 aliphatic heterocycles. The van der Waals surface area contributed by atoms with Gasteiger partial charge in [0.25, 0.3) is 0 Å². The van der Waals surface area contributed by atoms with Crippen LogP contribution in [-0.4, -0.2) is 22.6 Å². The molecule has 1 heterocycles. The van der Waals surface area contributed by atoms with E-state index < -0.39 is 0 Å². The van der Waals surface area contributed by atoms with Crippen LogP contribution in [0.2, 0.25) is 0 Å². The zero-order valence-electron chi connectivity index (χ0n) is 9.45. The summed E-state index contributed by atoms with van der Waals surface area (Å²) in [6, 6.07) is 0.622. The van der Waals surface area contributed by atoms with Crippen molar-refractivity contribution in [1.82, 2.24) is 14.9 Å². The van der Waals surface area contributed by atoms with Crippen LogP contribution in [-0.2, 0) is 13.0 Å². The summed E-state index contributed by atoms with van der Waals surface area (Å²) >= 11 is 0. The number of aromatic nitrogens is 2. The first kappa shape index (κ1) is 11.2. The van der Waals surface area contributed by atoms with Crippen LogP contribution in [0.1, 0.15) is 32.5 Å². The molecule has 0 radical (unpaired) electrons. The third kappa shape index (κ3) is 2.84. The highest BCUT2D eigenvalue weighted by molar-refractivity contribution is 4.92. The molecule has 1 aromatic heterocycles. The van der Waals surface area contributed by atoms with E-state index in [1.165, 1.54) is 18.7 Å². The molecule has 0 saturated carbocycles. The van der Waals surface area contributed by atoms with Gasteiger partial charge < -0.3 is 9.88 Å². The summed E-state index contributed by atoms with van der Waals surface area (Å²) < 4.78 is 2.21. The maximum Gasteiger partial charge on any atom is 0.108 e. The van der Waals surface area contributed by atoms with Gasteiger partial charge in [-0.1, -0.05) is 6.92 Å². The molecule has 1 unspecified atom stereocenters. The summed E-state index contributed by atoms with van der Waals surface area (Å²) in [7, 11) is 2.03. The number of hydrogen-bond donors (Lipinski definition) is 1. The highest BCUT2D eigenvalue weighted by Gasteiger charge is 2.06. The van der Waals surface area contributed by atoms with E-state index in [-0.39, 0.29) is 0 Å². The monoisotopic (exact) mass is 195 g/mol. The Balaban J connectivity index is 2.44. The zero-order chi connectivity index (χ0) is 10.4. The third-order valence-electron chi connectivity index (χ3n) is 2.76. The van der Waals surface area contributed by atoms with Crippen LogP contribution < -0.4 is 5.32 Å². The molecule has 1 atom stereocenters. The van der Waals surface area contributed by atoms with Gasteiger partial charge in [-0.05, 0) is 26.8 Å². The van der Waals surface area contributed by atoms with Crippen LogP contribution >= 0.6 is 0 Å². The number of nitrogens with one attached hydrogen (secondary N) is 1. The maximum atomic E-state index is 4.36. The van der Waals surface area contributed by atoms with Crippen molar-refractivity contribution < 1.29 is 0 Å². The largest absolute Gasteiger partial charge is 0.335 e. The molecule has 0 aromatic carbocycles. The third-order valence-corrected chi connectivity index (χ3v) is 2.76. The summed E-state index contributed by atoms with van der Waals surface area (Å²) in [4.78, 5) is 4.36. The molecule has 3 nitrogen and oxygen atoms in total. The molecule has 0 fully saturated rings. The Morgan fingerprint density at radius 1 is 1.50 bits per heavy atom. The predicted octanol–water partition coefficient (Wildman–Crippen LogP) is 1.83. The minimum absolute atomic E-state index is 0.622. The van der Waals surface area contributed by atoms with Crippen molar-refractivity contribution >= 4 is 0 Å². The van der Waals surface area contributed by atoms with E-state index in [2.05, 4.69) is 34.9 Å². The van der Waals surface area contributed by atoms with Crippen molar-refractivity contribution in [3.05, 3.63) is 18.2 Å². The van der Waals surface area contributed by atoms with E-state index in [0.29, 0.717) is 6.04 Å². The summed E-state index contributed by atoms with van der Waals surface area (Å²) in [5.74, 6) is 1.21. The van der Waals surface area contributed by atoms with Gasteiger partial charge in [-0.2, -0.15) is 0 Å². The molecule has 0 aliphatic carbocycles. The van der Waals surface area contributed by atoms with Crippen molar-refractivity contribution in [2.45, 2.75) is 45.7 Å². The SMILES string of the molecule is CCC(CCc1nccn1CC)NC. The Bertz CT molecular complexity index is 251. The molecule has 0 bridgehead atoms. The molecular formula is C11H21N3. The number of hydrogen-bond acceptors (Lipinski definition) is 2. The van der Waals surface area contributed by atoms with E-state index in [0.717, 1.165) is 13.0 Å². The number of aryl methyl sites for hydroxylation is 2. The summed E-state index contributed by atoms with van der Waals surface area (Å²) in [6.45, 7) is 5.39. The standard InChI is InChI=1S/C11H21N3/c1-4-10(12-3)6-7-11-13-8-9-14(11)5-2/h8-10,12H,4-7H2,1-3H3. The molecule has 0 aliphatic rings. The van der Waals surface area contributed by atoms with E-state index in [1.54, 1.807) is 0 Å². The van der Waals surface area contributed by atoms with Gasteiger partial charge in [0.1, 0.15) is 5.82 Å². The van der Waals surface area contributed by atoms with Crippen LogP contribution in [0.15, 0.2) is 12.4 Å². The van der Waals surface area contributed by atoms with Crippen molar-refractivity contribution in [3.63, 3.8) is 0 Å². The van der Waals surface area contributed by atoms with Crippen molar-refractivity contribution in [1.29, 1.82) is 0 Å². The lowest BCUT2D eigenvalue weighted by molar-refractivity contribution is 0.496. The molecule has 1 aromatic rings. The molecule has 0 spiro atoms. The van der Waals surface area contributed by atoms with Crippen LogP contribution in [0.3, 0.4) is 0 Å². The van der Waals surface area contributed by atoms with Gasteiger partial charge in [-0.15, -0.1) is 0 Å². The van der Waals surface area contributed by atoms with E-state index in [1.807, 2.05) is 13.2 Å². The van der Waals surface area contributed by atoms with E-state index >= 15 is 0 Å². The molecular weight excluding hydrogens is 174 g/mol. The Morgan fingerprint density at radius 3 is 2.86 bits per heavy atom. The van der Waals surface area contributed by atoms with Gasteiger partial charge in [0, 0.05) is 31.4 Å². The van der Waals surface area contributed by atoms with Crippen LogP contribution in [0.25, 0.3) is 0 Å². The molecule has 80 valence electrons. The first-order valence-electron chi connectivity index (χ1n) is 5.49. The minimum Gasteiger partial charge on any atom is -0.335 e. The number of nitrogens with zero attached hydrogens (tertiary/aromatic N) is 2. The number of rotatable bonds is 6. The summed E-state index contributed by atoms with van der Waals surface area (Å²) in [6.07, 6.45) is 7.36. The lowest BCUT2D eigenvalue weighted by atomic mass is 10.1. The average Bonchev–Trinajstić information content (AvgIpc) is 2.67. The fraction of sp³-hybridized carbons (Fsp3) is 0.727. The first-order chi connectivity index (χ1) is 6.81. The average molecular weight is 195 g/mol. The molecule has 0 amide bonds. The second-order valence-corrected chi connectivity index (χ2v) is 3.56. The highest BCUT2D eigenvalue weighted by Crippen LogP contribution is 2.05. The van der Waals surface area contributed by atoms with Gasteiger partial charge in [0.2, 0.25) is 0 Å². The minimum atomic E-state index is 0.622. The van der Waals surface area contributed by atoms with Gasteiger partial charge in [0.15, 0.2) is 0 Å². The first-order valence-corrected chi connectivity index (χ1v) is 5.49. The van der Waals surface area contributed by atoms with Crippen LogP contribution in [0.4, 0.5) is 0 Å². The van der Waals surface area contributed by atoms with Gasteiger partial charge >= 0.3 is 0 Å². The quantitative estimate of drug-likeness (QED) is 0.750. The molecule has 1 rings (SSSR count). The normalized spacial score (nSPS) is 13.1. The van der Waals surface area contributed by atoms with E-state index in [9.17, 15) is 0 Å². The predicted molar refractivity (Wildman–Crippen MR) is 59.4 cm³/mol. The van der Waals surface area contributed by atoms with Crippen LogP contribution in [0, 0.1) is 0 Å². The molecule has 14 heavy (non-hydrogen) atoms. The fourth-order valence-corrected chi connectivity index (χ4v) is 1.71. The van der Waals surface area contributed by atoms with Crippen LogP contribution in [0.5, 0.6) is 0 Å². The summed E-state index contributed by atoms with van der Waals surface area (Å²) in [5, 5.41) is 3.31. The lowest BCUT2D eigenvalue weighted by Crippen LogP contribution is -2.25. The Labute approximate surface area is 86.5 Å². The molecule has 1 N–H and O–H groups in total. The van der Waals surface area contributed by atoms with Gasteiger partial charge in [-0.25, -0.2) is 4.98 Å². The van der Waals surface area contributed by atoms with Gasteiger partial charge in [-0.3, -0.25) is 0 Å². The van der Waals surface area contributed by atoms with Crippen molar-refractivity contribution in [2.24, 2.45) is 0 Å². The Morgan fingerprint density at radius 2 is 2.29 bits per heavy atom. The Kier molecular flexibility index (Phi) is 4.66.